The highest BCUT2D eigenvalue weighted by molar-refractivity contribution is 5.78. The normalized spacial score (nSPS) is 10.9. The molecule has 0 spiro atoms. The summed E-state index contributed by atoms with van der Waals surface area (Å²) in [5.41, 5.74) is 7.11. The molecule has 0 unspecified atom stereocenters. The van der Waals surface area contributed by atoms with Crippen molar-refractivity contribution in [2.24, 2.45) is 0 Å². The molecule has 0 saturated heterocycles. The van der Waals surface area contributed by atoms with E-state index >= 15 is 0 Å². The quantitative estimate of drug-likeness (QED) is 0.266. The average molecular weight is 419 g/mol. The number of nitrogens with zero attached hydrogens (tertiary/aromatic N) is 2. The molecule has 4 rings (SSSR count). The highest BCUT2D eigenvalue weighted by Gasteiger charge is 2.11. The zero-order chi connectivity index (χ0) is 22.2. The van der Waals surface area contributed by atoms with Gasteiger partial charge in [-0.15, -0.1) is 0 Å². The van der Waals surface area contributed by atoms with E-state index in [1.807, 2.05) is 0 Å². The third-order valence-corrected chi connectivity index (χ3v) is 5.67. The lowest BCUT2D eigenvalue weighted by Gasteiger charge is -2.25. The van der Waals surface area contributed by atoms with Crippen LogP contribution in [0.1, 0.15) is 25.0 Å². The Bertz CT molecular complexity index is 1070. The summed E-state index contributed by atoms with van der Waals surface area (Å²) in [7, 11) is 0. The summed E-state index contributed by atoms with van der Waals surface area (Å²) in [5.74, 6) is 0. The van der Waals surface area contributed by atoms with E-state index in [2.05, 4.69) is 145 Å². The van der Waals surface area contributed by atoms with Crippen molar-refractivity contribution in [3.8, 4) is 0 Å². The van der Waals surface area contributed by atoms with E-state index in [1.54, 1.807) is 0 Å². The predicted molar refractivity (Wildman–Crippen MR) is 140 cm³/mol. The average Bonchev–Trinajstić information content (AvgIpc) is 2.87. The van der Waals surface area contributed by atoms with Gasteiger partial charge in [-0.1, -0.05) is 72.8 Å². The van der Waals surface area contributed by atoms with Gasteiger partial charge in [-0.05, 0) is 73.5 Å². The summed E-state index contributed by atoms with van der Waals surface area (Å²) in [5, 5.41) is 0. The van der Waals surface area contributed by atoms with Crippen molar-refractivity contribution >= 4 is 34.9 Å². The fourth-order valence-corrected chi connectivity index (χ4v) is 3.91. The second-order valence-electron chi connectivity index (χ2n) is 7.70. The fourth-order valence-electron chi connectivity index (χ4n) is 3.91. The molecular formula is C30H30N2. The third-order valence-electron chi connectivity index (χ3n) is 5.67. The Hall–Kier alpha value is -3.78. The molecule has 0 heterocycles. The van der Waals surface area contributed by atoms with E-state index in [4.69, 9.17) is 0 Å². The first-order chi connectivity index (χ1) is 15.8. The molecule has 0 aromatic heterocycles. The number of benzene rings is 4. The number of hydrogen-bond acceptors (Lipinski definition) is 2. The van der Waals surface area contributed by atoms with E-state index in [0.29, 0.717) is 0 Å². The smallest absolute Gasteiger partial charge is 0.0462 e. The van der Waals surface area contributed by atoms with Crippen molar-refractivity contribution < 1.29 is 0 Å². The van der Waals surface area contributed by atoms with E-state index in [1.165, 1.54) is 16.8 Å². The summed E-state index contributed by atoms with van der Waals surface area (Å²) >= 11 is 0. The van der Waals surface area contributed by atoms with Crippen LogP contribution in [0.4, 0.5) is 22.7 Å². The predicted octanol–water partition coefficient (Wildman–Crippen LogP) is 8.17. The Morgan fingerprint density at radius 1 is 0.469 bits per heavy atom. The van der Waals surface area contributed by atoms with Gasteiger partial charge in [0.25, 0.3) is 0 Å². The second kappa shape index (κ2) is 10.5. The number of hydrogen-bond donors (Lipinski definition) is 0. The van der Waals surface area contributed by atoms with Crippen LogP contribution >= 0.6 is 0 Å². The Morgan fingerprint density at radius 2 is 0.844 bits per heavy atom. The molecule has 0 radical (unpaired) electrons. The molecule has 32 heavy (non-hydrogen) atoms. The van der Waals surface area contributed by atoms with Crippen molar-refractivity contribution in [2.45, 2.75) is 13.8 Å². The summed E-state index contributed by atoms with van der Waals surface area (Å²) < 4.78 is 0. The van der Waals surface area contributed by atoms with Crippen LogP contribution in [0.3, 0.4) is 0 Å². The molecule has 0 N–H and O–H groups in total. The SMILES string of the molecule is CCN(CC)c1ccc(/C=C/c2ccc(N(c3ccccc3)c3ccccc3)cc2)cc1. The topological polar surface area (TPSA) is 6.48 Å². The minimum absolute atomic E-state index is 1.03. The van der Waals surface area contributed by atoms with Crippen LogP contribution in [0, 0.1) is 0 Å². The molecule has 0 fully saturated rings. The van der Waals surface area contributed by atoms with Crippen LogP contribution in [0.25, 0.3) is 12.2 Å². The standard InChI is InChI=1S/C30H30N2/c1-3-31(4-2)27-21-17-25(18-22-27)15-16-26-19-23-30(24-20-26)32(28-11-7-5-8-12-28)29-13-9-6-10-14-29/h5-24H,3-4H2,1-2H3/b16-15+. The highest BCUT2D eigenvalue weighted by Crippen LogP contribution is 2.34. The van der Waals surface area contributed by atoms with Crippen LogP contribution in [-0.4, -0.2) is 13.1 Å². The fraction of sp³-hybridized carbons (Fsp3) is 0.133. The van der Waals surface area contributed by atoms with Gasteiger partial charge in [-0.2, -0.15) is 0 Å². The molecular weight excluding hydrogens is 388 g/mol. The van der Waals surface area contributed by atoms with Crippen LogP contribution < -0.4 is 9.80 Å². The summed E-state index contributed by atoms with van der Waals surface area (Å²) in [6.07, 6.45) is 4.35. The summed E-state index contributed by atoms with van der Waals surface area (Å²) in [6, 6.07) is 38.5. The van der Waals surface area contributed by atoms with Gasteiger partial charge in [-0.25, -0.2) is 0 Å². The molecule has 0 aliphatic carbocycles. The maximum Gasteiger partial charge on any atom is 0.0462 e. The highest BCUT2D eigenvalue weighted by atomic mass is 15.1. The molecule has 0 amide bonds. The van der Waals surface area contributed by atoms with Gasteiger partial charge in [0.05, 0.1) is 0 Å². The molecule has 0 aliphatic rings. The molecule has 4 aromatic carbocycles. The van der Waals surface area contributed by atoms with Gasteiger partial charge in [0, 0.05) is 35.8 Å². The van der Waals surface area contributed by atoms with Gasteiger partial charge in [0.2, 0.25) is 0 Å². The second-order valence-corrected chi connectivity index (χ2v) is 7.70. The lowest BCUT2D eigenvalue weighted by molar-refractivity contribution is 0.866. The molecule has 0 saturated carbocycles. The molecule has 2 heteroatoms. The van der Waals surface area contributed by atoms with Gasteiger partial charge in [0.1, 0.15) is 0 Å². The summed E-state index contributed by atoms with van der Waals surface area (Å²) in [6.45, 7) is 6.44. The first-order valence-electron chi connectivity index (χ1n) is 11.3. The minimum Gasteiger partial charge on any atom is -0.372 e. The molecule has 0 bridgehead atoms. The summed E-state index contributed by atoms with van der Waals surface area (Å²) in [4.78, 5) is 4.64. The van der Waals surface area contributed by atoms with E-state index in [-0.39, 0.29) is 0 Å². The first-order valence-corrected chi connectivity index (χ1v) is 11.3. The number of para-hydroxylation sites is 2. The van der Waals surface area contributed by atoms with Crippen LogP contribution in [-0.2, 0) is 0 Å². The van der Waals surface area contributed by atoms with Crippen LogP contribution in [0.15, 0.2) is 109 Å². The first kappa shape index (κ1) is 21.5. The van der Waals surface area contributed by atoms with Crippen LogP contribution in [0.5, 0.6) is 0 Å². The third kappa shape index (κ3) is 5.09. The lowest BCUT2D eigenvalue weighted by atomic mass is 10.1. The maximum atomic E-state index is 2.36. The Labute approximate surface area is 192 Å². The van der Waals surface area contributed by atoms with Crippen LogP contribution in [0.2, 0.25) is 0 Å². The van der Waals surface area contributed by atoms with Crippen molar-refractivity contribution in [2.75, 3.05) is 22.9 Å². The number of rotatable bonds is 8. The van der Waals surface area contributed by atoms with Gasteiger partial charge in [-0.3, -0.25) is 0 Å². The Morgan fingerprint density at radius 3 is 1.25 bits per heavy atom. The minimum atomic E-state index is 1.03. The largest absolute Gasteiger partial charge is 0.372 e. The molecule has 160 valence electrons. The zero-order valence-electron chi connectivity index (χ0n) is 18.9. The Kier molecular flexibility index (Phi) is 7.04. The van der Waals surface area contributed by atoms with E-state index in [0.717, 1.165) is 30.2 Å². The Balaban J connectivity index is 1.54. The monoisotopic (exact) mass is 418 g/mol. The zero-order valence-corrected chi connectivity index (χ0v) is 18.9. The van der Waals surface area contributed by atoms with Gasteiger partial charge < -0.3 is 9.80 Å². The maximum absolute atomic E-state index is 2.36. The lowest BCUT2D eigenvalue weighted by Crippen LogP contribution is -2.21. The molecule has 4 aromatic rings. The van der Waals surface area contributed by atoms with Gasteiger partial charge >= 0.3 is 0 Å². The van der Waals surface area contributed by atoms with Crippen molar-refractivity contribution in [1.29, 1.82) is 0 Å². The van der Waals surface area contributed by atoms with Crippen molar-refractivity contribution in [1.82, 2.24) is 0 Å². The molecule has 0 aliphatic heterocycles. The van der Waals surface area contributed by atoms with Crippen molar-refractivity contribution in [3.05, 3.63) is 120 Å². The van der Waals surface area contributed by atoms with Crippen molar-refractivity contribution in [3.63, 3.8) is 0 Å². The molecule has 2 nitrogen and oxygen atoms in total. The van der Waals surface area contributed by atoms with E-state index in [9.17, 15) is 0 Å². The van der Waals surface area contributed by atoms with E-state index < -0.39 is 0 Å². The molecule has 0 atom stereocenters. The van der Waals surface area contributed by atoms with Gasteiger partial charge in [0.15, 0.2) is 0 Å². The number of anilines is 4.